The van der Waals surface area contributed by atoms with Crippen molar-refractivity contribution in [2.45, 2.75) is 18.0 Å². The van der Waals surface area contributed by atoms with Crippen LogP contribution in [0.1, 0.15) is 18.1 Å². The molecule has 0 aliphatic heterocycles. The molecule has 1 N–H and O–H groups in total. The van der Waals surface area contributed by atoms with Gasteiger partial charge >= 0.3 is 6.18 Å². The first-order valence-corrected chi connectivity index (χ1v) is 8.66. The molecule has 0 heterocycles. The Kier molecular flexibility index (Phi) is 5.68. The van der Waals surface area contributed by atoms with E-state index in [2.05, 4.69) is 5.10 Å². The second-order valence-electron chi connectivity index (χ2n) is 4.84. The van der Waals surface area contributed by atoms with E-state index in [1.807, 2.05) is 4.83 Å². The summed E-state index contributed by atoms with van der Waals surface area (Å²) in [5.74, 6) is 0.504. The van der Waals surface area contributed by atoms with Gasteiger partial charge in [-0.25, -0.2) is 4.83 Å². The van der Waals surface area contributed by atoms with Gasteiger partial charge in [0, 0.05) is 5.56 Å². The van der Waals surface area contributed by atoms with Crippen LogP contribution in [0.4, 0.5) is 13.2 Å². The highest BCUT2D eigenvalue weighted by Gasteiger charge is 2.32. The minimum atomic E-state index is -4.56. The lowest BCUT2D eigenvalue weighted by Crippen LogP contribution is -2.18. The summed E-state index contributed by atoms with van der Waals surface area (Å²) in [5, 5.41) is 3.43. The van der Waals surface area contributed by atoms with Gasteiger partial charge in [-0.05, 0) is 37.3 Å². The Morgan fingerprint density at radius 1 is 1.12 bits per heavy atom. The maximum atomic E-state index is 12.9. The summed E-state index contributed by atoms with van der Waals surface area (Å²) < 4.78 is 68.0. The number of nitrogens with zero attached hydrogens (tertiary/aromatic N) is 1. The number of nitrogens with one attached hydrogen (secondary N) is 1. The van der Waals surface area contributed by atoms with E-state index in [0.29, 0.717) is 12.4 Å². The van der Waals surface area contributed by atoms with Crippen molar-refractivity contribution in [2.75, 3.05) is 6.61 Å². The summed E-state index contributed by atoms with van der Waals surface area (Å²) in [6, 6.07) is 10.3. The van der Waals surface area contributed by atoms with Crippen LogP contribution in [0.3, 0.4) is 0 Å². The van der Waals surface area contributed by atoms with Gasteiger partial charge in [0.05, 0.1) is 23.3 Å². The molecule has 0 aliphatic carbocycles. The van der Waals surface area contributed by atoms with Crippen molar-refractivity contribution < 1.29 is 26.3 Å². The minimum absolute atomic E-state index is 0.0859. The Bertz CT molecular complexity index is 848. The van der Waals surface area contributed by atoms with Crippen LogP contribution in [0.2, 0.25) is 0 Å². The summed E-state index contributed by atoms with van der Waals surface area (Å²) >= 11 is 0. The molecule has 2 aromatic rings. The fourth-order valence-electron chi connectivity index (χ4n) is 1.97. The topological polar surface area (TPSA) is 67.8 Å². The highest BCUT2D eigenvalue weighted by Crippen LogP contribution is 2.31. The van der Waals surface area contributed by atoms with Crippen LogP contribution in [-0.4, -0.2) is 21.2 Å². The maximum absolute atomic E-state index is 12.9. The maximum Gasteiger partial charge on any atom is 0.417 e. The van der Waals surface area contributed by atoms with Crippen molar-refractivity contribution in [3.8, 4) is 5.75 Å². The van der Waals surface area contributed by atoms with Crippen LogP contribution < -0.4 is 9.57 Å². The summed E-state index contributed by atoms with van der Waals surface area (Å²) in [6.07, 6.45) is -3.74. The predicted octanol–water partition coefficient (Wildman–Crippen LogP) is 3.42. The van der Waals surface area contributed by atoms with Crippen LogP contribution in [0.5, 0.6) is 5.75 Å². The number of rotatable bonds is 6. The van der Waals surface area contributed by atoms with E-state index < -0.39 is 21.8 Å². The highest BCUT2D eigenvalue weighted by atomic mass is 32.2. The molecule has 0 bridgehead atoms. The van der Waals surface area contributed by atoms with Gasteiger partial charge in [-0.2, -0.15) is 26.7 Å². The molecule has 0 saturated heterocycles. The van der Waals surface area contributed by atoms with Crippen LogP contribution in [0, 0.1) is 0 Å². The molecule has 0 fully saturated rings. The Morgan fingerprint density at radius 3 is 2.36 bits per heavy atom. The smallest absolute Gasteiger partial charge is 0.417 e. The molecule has 0 atom stereocenters. The van der Waals surface area contributed by atoms with Crippen LogP contribution in [0.15, 0.2) is 58.5 Å². The van der Waals surface area contributed by atoms with Crippen LogP contribution in [-0.2, 0) is 16.2 Å². The number of hydrazone groups is 1. The number of hydrogen-bond acceptors (Lipinski definition) is 4. The molecule has 2 rings (SSSR count). The second kappa shape index (κ2) is 7.56. The summed E-state index contributed by atoms with van der Waals surface area (Å²) in [5.41, 5.74) is -1.15. The molecule has 0 unspecified atom stereocenters. The van der Waals surface area contributed by atoms with Gasteiger partial charge in [0.25, 0.3) is 10.0 Å². The average molecular weight is 372 g/mol. The molecular formula is C16H15F3N2O3S. The van der Waals surface area contributed by atoms with Gasteiger partial charge in [0.15, 0.2) is 0 Å². The second-order valence-corrected chi connectivity index (χ2v) is 6.50. The fraction of sp³-hybridized carbons (Fsp3) is 0.188. The van der Waals surface area contributed by atoms with Gasteiger partial charge in [-0.15, -0.1) is 0 Å². The predicted molar refractivity (Wildman–Crippen MR) is 87.0 cm³/mol. The molecule has 134 valence electrons. The van der Waals surface area contributed by atoms with E-state index >= 15 is 0 Å². The lowest BCUT2D eigenvalue weighted by Gasteiger charge is -2.09. The third-order valence-electron chi connectivity index (χ3n) is 3.09. The van der Waals surface area contributed by atoms with Crippen molar-refractivity contribution in [2.24, 2.45) is 5.10 Å². The Hall–Kier alpha value is -2.55. The normalized spacial score (nSPS) is 12.3. The van der Waals surface area contributed by atoms with E-state index in [4.69, 9.17) is 4.74 Å². The largest absolute Gasteiger partial charge is 0.494 e. The third-order valence-corrected chi connectivity index (χ3v) is 4.33. The number of sulfonamides is 1. The lowest BCUT2D eigenvalue weighted by molar-refractivity contribution is -0.137. The van der Waals surface area contributed by atoms with Gasteiger partial charge in [-0.3, -0.25) is 0 Å². The molecular weight excluding hydrogens is 357 g/mol. The quantitative estimate of drug-likeness (QED) is 0.624. The van der Waals surface area contributed by atoms with E-state index in [1.165, 1.54) is 42.5 Å². The van der Waals surface area contributed by atoms with E-state index in [9.17, 15) is 21.6 Å². The van der Waals surface area contributed by atoms with Crippen LogP contribution >= 0.6 is 0 Å². The summed E-state index contributed by atoms with van der Waals surface area (Å²) in [6.45, 7) is 2.23. The molecule has 2 aromatic carbocycles. The third kappa shape index (κ3) is 4.96. The van der Waals surface area contributed by atoms with Crippen molar-refractivity contribution in [3.63, 3.8) is 0 Å². The Morgan fingerprint density at radius 2 is 1.76 bits per heavy atom. The molecule has 9 heteroatoms. The van der Waals surface area contributed by atoms with Gasteiger partial charge < -0.3 is 4.74 Å². The van der Waals surface area contributed by atoms with E-state index in [1.54, 1.807) is 6.92 Å². The minimum Gasteiger partial charge on any atom is -0.494 e. The average Bonchev–Trinajstić information content (AvgIpc) is 2.55. The standard InChI is InChI=1S/C16H15F3N2O3S/c1-2-24-13-7-9-14(10-8-13)25(22,23)21-20-11-12-5-3-4-6-15(12)16(17,18)19/h3-11,21H,2H2,1H3/b20-11+. The van der Waals surface area contributed by atoms with Gasteiger partial charge in [-0.1, -0.05) is 18.2 Å². The first-order valence-electron chi connectivity index (χ1n) is 7.18. The van der Waals surface area contributed by atoms with E-state index in [-0.39, 0.29) is 10.5 Å². The van der Waals surface area contributed by atoms with Crippen molar-refractivity contribution >= 4 is 16.2 Å². The molecule has 0 amide bonds. The van der Waals surface area contributed by atoms with Crippen molar-refractivity contribution in [3.05, 3.63) is 59.7 Å². The SMILES string of the molecule is CCOc1ccc(S(=O)(=O)N/N=C/c2ccccc2C(F)(F)F)cc1. The fourth-order valence-corrected chi connectivity index (χ4v) is 2.76. The molecule has 0 aromatic heterocycles. The number of ether oxygens (including phenoxy) is 1. The molecule has 0 saturated carbocycles. The molecule has 0 radical (unpaired) electrons. The number of benzene rings is 2. The Balaban J connectivity index is 2.16. The monoisotopic (exact) mass is 372 g/mol. The number of halogens is 3. The van der Waals surface area contributed by atoms with E-state index in [0.717, 1.165) is 12.3 Å². The summed E-state index contributed by atoms with van der Waals surface area (Å²) in [7, 11) is -4.00. The number of alkyl halides is 3. The zero-order chi connectivity index (χ0) is 18.5. The summed E-state index contributed by atoms with van der Waals surface area (Å²) in [4.78, 5) is 1.80. The van der Waals surface area contributed by atoms with Crippen molar-refractivity contribution in [1.82, 2.24) is 4.83 Å². The molecule has 0 spiro atoms. The van der Waals surface area contributed by atoms with Gasteiger partial charge in [0.2, 0.25) is 0 Å². The van der Waals surface area contributed by atoms with Crippen molar-refractivity contribution in [1.29, 1.82) is 0 Å². The first-order chi connectivity index (χ1) is 11.7. The Labute approximate surface area is 143 Å². The molecule has 25 heavy (non-hydrogen) atoms. The molecule has 5 nitrogen and oxygen atoms in total. The lowest BCUT2D eigenvalue weighted by atomic mass is 10.1. The highest BCUT2D eigenvalue weighted by molar-refractivity contribution is 7.89. The first kappa shape index (κ1) is 18.8. The van der Waals surface area contributed by atoms with Crippen LogP contribution in [0.25, 0.3) is 0 Å². The zero-order valence-corrected chi connectivity index (χ0v) is 13.9. The zero-order valence-electron chi connectivity index (χ0n) is 13.1. The van der Waals surface area contributed by atoms with Gasteiger partial charge in [0.1, 0.15) is 5.75 Å². The molecule has 0 aliphatic rings. The number of hydrogen-bond donors (Lipinski definition) is 1.